The molecule has 1 heterocycles. The quantitative estimate of drug-likeness (QED) is 0.314. The van der Waals surface area contributed by atoms with Crippen LogP contribution >= 0.6 is 12.2 Å². The van der Waals surface area contributed by atoms with Crippen LogP contribution in [0, 0.1) is 0 Å². The predicted octanol–water partition coefficient (Wildman–Crippen LogP) is 6.29. The summed E-state index contributed by atoms with van der Waals surface area (Å²) in [5.41, 5.74) is 2.97. The smallest absolute Gasteiger partial charge is 0.232 e. The van der Waals surface area contributed by atoms with Crippen molar-refractivity contribution < 1.29 is 14.3 Å². The SMILES string of the molecule is CCCCCOC1=C(OCCCCC)C(=S)c2ccc(-c3ccccn3)cc2C1=O. The minimum absolute atomic E-state index is 0.168. The van der Waals surface area contributed by atoms with Gasteiger partial charge in [0, 0.05) is 22.9 Å². The van der Waals surface area contributed by atoms with Crippen molar-refractivity contribution in [1.82, 2.24) is 4.98 Å². The number of aromatic nitrogens is 1. The van der Waals surface area contributed by atoms with Crippen LogP contribution in [0.1, 0.15) is 68.3 Å². The van der Waals surface area contributed by atoms with E-state index in [1.807, 2.05) is 36.4 Å². The van der Waals surface area contributed by atoms with Gasteiger partial charge in [-0.2, -0.15) is 0 Å². The number of benzene rings is 1. The van der Waals surface area contributed by atoms with Crippen molar-refractivity contribution in [2.75, 3.05) is 13.2 Å². The molecule has 0 N–H and O–H groups in total. The van der Waals surface area contributed by atoms with Gasteiger partial charge in [-0.05, 0) is 31.0 Å². The lowest BCUT2D eigenvalue weighted by atomic mass is 9.90. The third-order valence-corrected chi connectivity index (χ3v) is 5.48. The Morgan fingerprint density at radius 2 is 1.57 bits per heavy atom. The summed E-state index contributed by atoms with van der Waals surface area (Å²) in [6.07, 6.45) is 7.88. The van der Waals surface area contributed by atoms with Crippen molar-refractivity contribution in [3.63, 3.8) is 0 Å². The molecule has 0 fully saturated rings. The van der Waals surface area contributed by atoms with Crippen LogP contribution in [0.2, 0.25) is 0 Å². The number of nitrogens with zero attached hydrogens (tertiary/aromatic N) is 1. The highest BCUT2D eigenvalue weighted by atomic mass is 32.1. The minimum Gasteiger partial charge on any atom is -0.488 e. The molecule has 0 radical (unpaired) electrons. The van der Waals surface area contributed by atoms with Crippen LogP contribution in [0.5, 0.6) is 0 Å². The lowest BCUT2D eigenvalue weighted by Crippen LogP contribution is -2.25. The summed E-state index contributed by atoms with van der Waals surface area (Å²) in [5.74, 6) is 0.498. The topological polar surface area (TPSA) is 48.4 Å². The fourth-order valence-corrected chi connectivity index (χ4v) is 3.72. The first-order chi connectivity index (χ1) is 14.7. The Balaban J connectivity index is 1.91. The van der Waals surface area contributed by atoms with E-state index < -0.39 is 0 Å². The molecule has 1 aromatic carbocycles. The lowest BCUT2D eigenvalue weighted by molar-refractivity contribution is 0.0869. The molecular formula is C25H29NO3S. The number of Topliss-reactive ketones (excluding diaryl/α,β-unsaturated/α-hetero) is 1. The molecule has 30 heavy (non-hydrogen) atoms. The zero-order valence-corrected chi connectivity index (χ0v) is 18.6. The van der Waals surface area contributed by atoms with E-state index >= 15 is 0 Å². The van der Waals surface area contributed by atoms with Crippen molar-refractivity contribution in [3.05, 3.63) is 65.2 Å². The number of carbonyl (C=O) groups excluding carboxylic acids is 1. The second-order valence-corrected chi connectivity index (χ2v) is 7.81. The van der Waals surface area contributed by atoms with Crippen LogP contribution in [-0.2, 0) is 9.47 Å². The number of unbranched alkanes of at least 4 members (excludes halogenated alkanes) is 4. The zero-order chi connectivity index (χ0) is 21.3. The molecule has 3 rings (SSSR count). The van der Waals surface area contributed by atoms with Gasteiger partial charge in [0.25, 0.3) is 0 Å². The van der Waals surface area contributed by atoms with E-state index in [9.17, 15) is 4.79 Å². The third kappa shape index (κ3) is 5.14. The fraction of sp³-hybridized carbons (Fsp3) is 0.400. The van der Waals surface area contributed by atoms with Crippen molar-refractivity contribution in [3.8, 4) is 11.3 Å². The number of ether oxygens (including phenoxy) is 2. The number of hydrogen-bond donors (Lipinski definition) is 0. The van der Waals surface area contributed by atoms with E-state index in [1.165, 1.54) is 0 Å². The van der Waals surface area contributed by atoms with Crippen LogP contribution in [0.15, 0.2) is 54.1 Å². The maximum atomic E-state index is 13.4. The van der Waals surface area contributed by atoms with Crippen LogP contribution in [0.3, 0.4) is 0 Å². The van der Waals surface area contributed by atoms with Crippen molar-refractivity contribution in [2.24, 2.45) is 0 Å². The normalized spacial score (nSPS) is 13.4. The molecule has 1 aliphatic rings. The molecule has 0 bridgehead atoms. The predicted molar refractivity (Wildman–Crippen MR) is 124 cm³/mol. The summed E-state index contributed by atoms with van der Waals surface area (Å²) >= 11 is 5.72. The molecule has 4 nitrogen and oxygen atoms in total. The first-order valence-electron chi connectivity index (χ1n) is 10.8. The third-order valence-electron chi connectivity index (χ3n) is 5.08. The Bertz CT molecular complexity index is 921. The molecule has 0 unspecified atom stereocenters. The van der Waals surface area contributed by atoms with Crippen molar-refractivity contribution in [2.45, 2.75) is 52.4 Å². The number of pyridine rings is 1. The summed E-state index contributed by atoms with van der Waals surface area (Å²) in [6.45, 7) is 5.29. The molecule has 0 aliphatic heterocycles. The molecule has 0 saturated carbocycles. The number of ketones is 1. The van der Waals surface area contributed by atoms with Gasteiger partial charge >= 0.3 is 0 Å². The fourth-order valence-electron chi connectivity index (χ4n) is 3.39. The number of hydrogen-bond acceptors (Lipinski definition) is 5. The molecular weight excluding hydrogens is 394 g/mol. The Kier molecular flexibility index (Phi) is 8.14. The van der Waals surface area contributed by atoms with Crippen molar-refractivity contribution >= 4 is 22.9 Å². The second-order valence-electron chi connectivity index (χ2n) is 7.40. The van der Waals surface area contributed by atoms with Crippen LogP contribution < -0.4 is 0 Å². The summed E-state index contributed by atoms with van der Waals surface area (Å²) < 4.78 is 11.9. The highest BCUT2D eigenvalue weighted by Gasteiger charge is 2.33. The van der Waals surface area contributed by atoms with E-state index in [1.54, 1.807) is 6.20 Å². The largest absolute Gasteiger partial charge is 0.488 e. The first-order valence-corrected chi connectivity index (χ1v) is 11.2. The van der Waals surface area contributed by atoms with Gasteiger partial charge in [-0.1, -0.05) is 69.9 Å². The highest BCUT2D eigenvalue weighted by molar-refractivity contribution is 7.81. The number of carbonyl (C=O) groups is 1. The van der Waals surface area contributed by atoms with Crippen LogP contribution in [0.25, 0.3) is 11.3 Å². The number of thiocarbonyl (C=S) groups is 1. The molecule has 0 spiro atoms. The molecule has 2 aromatic rings. The number of fused-ring (bicyclic) bond motifs is 1. The van der Waals surface area contributed by atoms with Gasteiger partial charge in [-0.25, -0.2) is 0 Å². The Morgan fingerprint density at radius 3 is 2.20 bits per heavy atom. The molecule has 1 aliphatic carbocycles. The average molecular weight is 424 g/mol. The van der Waals surface area contributed by atoms with Gasteiger partial charge in [-0.3, -0.25) is 9.78 Å². The first kappa shape index (κ1) is 22.2. The summed E-state index contributed by atoms with van der Waals surface area (Å²) in [6, 6.07) is 11.4. The highest BCUT2D eigenvalue weighted by Crippen LogP contribution is 2.32. The Labute approximate surface area is 184 Å². The maximum absolute atomic E-state index is 13.4. The average Bonchev–Trinajstić information content (AvgIpc) is 2.79. The molecule has 0 atom stereocenters. The van der Waals surface area contributed by atoms with Crippen molar-refractivity contribution in [1.29, 1.82) is 0 Å². The van der Waals surface area contributed by atoms with Crippen LogP contribution in [-0.4, -0.2) is 28.8 Å². The molecule has 1 aromatic heterocycles. The van der Waals surface area contributed by atoms with Gasteiger partial charge in [0.15, 0.2) is 5.76 Å². The standard InChI is InChI=1S/C25H29NO3S/c1-3-5-9-15-28-23-22(27)20-17-18(21-11-7-8-14-26-21)12-13-19(20)25(30)24(23)29-16-10-6-4-2/h7-8,11-14,17H,3-6,9-10,15-16H2,1-2H3. The van der Waals surface area contributed by atoms with Crippen LogP contribution in [0.4, 0.5) is 0 Å². The lowest BCUT2D eigenvalue weighted by Gasteiger charge is -2.23. The molecule has 0 saturated heterocycles. The maximum Gasteiger partial charge on any atom is 0.232 e. The molecule has 158 valence electrons. The van der Waals surface area contributed by atoms with Gasteiger partial charge in [-0.15, -0.1) is 0 Å². The minimum atomic E-state index is -0.168. The Morgan fingerprint density at radius 1 is 0.867 bits per heavy atom. The molecule has 0 amide bonds. The number of rotatable bonds is 11. The van der Waals surface area contributed by atoms with E-state index in [0.717, 1.165) is 55.3 Å². The zero-order valence-electron chi connectivity index (χ0n) is 17.8. The van der Waals surface area contributed by atoms with Gasteiger partial charge < -0.3 is 9.47 Å². The van der Waals surface area contributed by atoms with E-state index in [-0.39, 0.29) is 11.5 Å². The van der Waals surface area contributed by atoms with Gasteiger partial charge in [0.05, 0.1) is 23.8 Å². The summed E-state index contributed by atoms with van der Waals surface area (Å²) in [7, 11) is 0. The van der Waals surface area contributed by atoms with E-state index in [2.05, 4.69) is 18.8 Å². The van der Waals surface area contributed by atoms with Gasteiger partial charge in [0.2, 0.25) is 11.5 Å². The molecule has 5 heteroatoms. The Hall–Kier alpha value is -2.53. The second kappa shape index (κ2) is 11.0. The van der Waals surface area contributed by atoms with E-state index in [0.29, 0.717) is 29.4 Å². The van der Waals surface area contributed by atoms with E-state index in [4.69, 9.17) is 21.7 Å². The summed E-state index contributed by atoms with van der Waals surface area (Å²) in [4.78, 5) is 18.3. The summed E-state index contributed by atoms with van der Waals surface area (Å²) in [5, 5.41) is 0. The van der Waals surface area contributed by atoms with Gasteiger partial charge in [0.1, 0.15) is 0 Å². The monoisotopic (exact) mass is 423 g/mol. The number of allylic oxidation sites excluding steroid dienone is 2.